The second-order valence-corrected chi connectivity index (χ2v) is 10.4. The number of hydrogen-bond acceptors (Lipinski definition) is 1. The Bertz CT molecular complexity index is 2350. The number of benzene rings is 6. The first-order valence-electron chi connectivity index (χ1n) is 13.8. The third-order valence-electron chi connectivity index (χ3n) is 8.16. The minimum atomic E-state index is 0.783. The van der Waals surface area contributed by atoms with Crippen molar-refractivity contribution in [3.63, 3.8) is 0 Å². The second kappa shape index (κ2) is 9.21. The van der Waals surface area contributed by atoms with Gasteiger partial charge in [0.05, 0.1) is 0 Å². The summed E-state index contributed by atoms with van der Waals surface area (Å²) < 4.78 is 2.36. The Labute approximate surface area is 232 Å². The molecule has 0 saturated carbocycles. The molecule has 188 valence electrons. The van der Waals surface area contributed by atoms with E-state index in [-0.39, 0.29) is 0 Å². The molecule has 0 amide bonds. The van der Waals surface area contributed by atoms with Crippen LogP contribution in [0.25, 0.3) is 0 Å². The fourth-order valence-electron chi connectivity index (χ4n) is 6.34. The smallest absolute Gasteiger partial charge is 0.235 e. The van der Waals surface area contributed by atoms with E-state index >= 15 is 0 Å². The van der Waals surface area contributed by atoms with E-state index in [1.54, 1.807) is 0 Å². The van der Waals surface area contributed by atoms with Crippen LogP contribution in [0.1, 0.15) is 0 Å². The van der Waals surface area contributed by atoms with Gasteiger partial charge in [-0.1, -0.05) is 109 Å². The van der Waals surface area contributed by atoms with Crippen molar-refractivity contribution in [2.24, 2.45) is 0 Å². The van der Waals surface area contributed by atoms with E-state index in [0.717, 1.165) is 6.54 Å². The van der Waals surface area contributed by atoms with Crippen LogP contribution in [-0.4, -0.2) is 12.8 Å². The van der Waals surface area contributed by atoms with Crippen molar-refractivity contribution in [2.75, 3.05) is 11.4 Å². The van der Waals surface area contributed by atoms with Gasteiger partial charge in [0, 0.05) is 23.9 Å². The molecule has 6 aromatic carbocycles. The molecule has 0 fully saturated rings. The summed E-state index contributed by atoms with van der Waals surface area (Å²) >= 11 is 0. The van der Waals surface area contributed by atoms with Crippen LogP contribution in [0, 0.1) is 41.7 Å². The van der Waals surface area contributed by atoms with E-state index in [4.69, 9.17) is 0 Å². The highest BCUT2D eigenvalue weighted by Crippen LogP contribution is 2.38. The Hall–Kier alpha value is -5.21. The standard InChI is InChI=1S/C38H27N2/c1-3-13-27(14-4-1)39-23-24-40(28-15-5-2-6-16-28)38-26-36-34-22-12-10-20-32(34)30-18-8-7-17-29(30)31-19-9-11-21-33(31)35(36)25-37(38)39/h1-23,25-26H,24H2/q+1. The van der Waals surface area contributed by atoms with Crippen molar-refractivity contribution < 1.29 is 0 Å². The first-order valence-corrected chi connectivity index (χ1v) is 13.8. The van der Waals surface area contributed by atoms with Gasteiger partial charge in [0.25, 0.3) is 0 Å². The van der Waals surface area contributed by atoms with Crippen LogP contribution in [0.4, 0.5) is 22.7 Å². The molecule has 0 spiro atoms. The lowest BCUT2D eigenvalue weighted by Crippen LogP contribution is -2.29. The largest absolute Gasteiger partial charge is 0.326 e. The number of nitrogens with zero attached hydrogens (tertiary/aromatic N) is 2. The zero-order valence-corrected chi connectivity index (χ0v) is 22.0. The van der Waals surface area contributed by atoms with Crippen LogP contribution < -0.4 is 9.48 Å². The summed E-state index contributed by atoms with van der Waals surface area (Å²) in [5.41, 5.74) is 4.75. The van der Waals surface area contributed by atoms with Gasteiger partial charge in [-0.3, -0.25) is 0 Å². The molecule has 0 aromatic heterocycles. The van der Waals surface area contributed by atoms with Crippen LogP contribution in [-0.2, 0) is 0 Å². The molecule has 0 unspecified atom stereocenters. The summed E-state index contributed by atoms with van der Waals surface area (Å²) in [4.78, 5) is 2.43. The van der Waals surface area contributed by atoms with E-state index in [0.29, 0.717) is 0 Å². The molecular formula is C38H27N2+. The fourth-order valence-corrected chi connectivity index (χ4v) is 6.34. The first kappa shape index (κ1) is 22.7. The summed E-state index contributed by atoms with van der Waals surface area (Å²) in [6.07, 6.45) is 2.30. The number of fused-ring (bicyclic) bond motifs is 5. The lowest BCUT2D eigenvalue weighted by molar-refractivity contribution is 0.994. The zero-order valence-electron chi connectivity index (χ0n) is 22.0. The Morgan fingerprint density at radius 3 is 1.38 bits per heavy atom. The molecular weight excluding hydrogens is 484 g/mol. The average Bonchev–Trinajstić information content (AvgIpc) is 3.04. The molecule has 1 heterocycles. The highest BCUT2D eigenvalue weighted by atomic mass is 15.2. The molecule has 0 atom stereocenters. The minimum absolute atomic E-state index is 0.783. The van der Waals surface area contributed by atoms with Crippen molar-refractivity contribution in [3.05, 3.63) is 187 Å². The highest BCUT2D eigenvalue weighted by molar-refractivity contribution is 5.89. The predicted molar refractivity (Wildman–Crippen MR) is 164 cm³/mol. The molecule has 0 radical (unpaired) electrons. The zero-order chi connectivity index (χ0) is 26.5. The van der Waals surface area contributed by atoms with Gasteiger partial charge in [-0.2, -0.15) is 4.58 Å². The van der Waals surface area contributed by atoms with Crippen molar-refractivity contribution >= 4 is 29.0 Å². The van der Waals surface area contributed by atoms with Crippen molar-refractivity contribution in [1.29, 1.82) is 0 Å². The third kappa shape index (κ3) is 3.54. The monoisotopic (exact) mass is 511 g/mol. The van der Waals surface area contributed by atoms with Crippen molar-refractivity contribution in [3.8, 4) is 0 Å². The number of hydrogen-bond donors (Lipinski definition) is 0. The normalized spacial score (nSPS) is 13.0. The Balaban J connectivity index is 1.65. The van der Waals surface area contributed by atoms with E-state index in [9.17, 15) is 0 Å². The minimum Gasteiger partial charge on any atom is -0.326 e. The fraction of sp³-hybridized carbons (Fsp3) is 0.0263. The summed E-state index contributed by atoms with van der Waals surface area (Å²) in [6, 6.07) is 52.8. The van der Waals surface area contributed by atoms with E-state index < -0.39 is 0 Å². The topological polar surface area (TPSA) is 6.25 Å². The molecule has 2 aliphatic rings. The summed E-state index contributed by atoms with van der Waals surface area (Å²) in [7, 11) is 0. The van der Waals surface area contributed by atoms with Gasteiger partial charge >= 0.3 is 0 Å². The SMILES string of the molecule is C1=[N+](c2ccccc2)c2cc3c(cc2N(c2ccccc2)C1)=c1ccccc1=c1ccccc1=c1ccccc1=3. The van der Waals surface area contributed by atoms with Crippen LogP contribution >= 0.6 is 0 Å². The van der Waals surface area contributed by atoms with Gasteiger partial charge in [-0.25, -0.2) is 0 Å². The van der Waals surface area contributed by atoms with Gasteiger partial charge in [-0.15, -0.1) is 0 Å². The van der Waals surface area contributed by atoms with E-state index in [2.05, 4.69) is 161 Å². The molecule has 40 heavy (non-hydrogen) atoms. The number of anilines is 2. The maximum Gasteiger partial charge on any atom is 0.235 e. The average molecular weight is 512 g/mol. The van der Waals surface area contributed by atoms with E-state index in [1.807, 2.05) is 0 Å². The summed E-state index contributed by atoms with van der Waals surface area (Å²) in [5.74, 6) is 0. The Morgan fingerprint density at radius 2 is 0.850 bits per heavy atom. The molecule has 2 nitrogen and oxygen atoms in total. The molecule has 0 saturated heterocycles. The van der Waals surface area contributed by atoms with Gasteiger partial charge in [0.1, 0.15) is 12.2 Å². The molecule has 0 N–H and O–H groups in total. The predicted octanol–water partition coefficient (Wildman–Crippen LogP) is 8.21. The molecule has 0 bridgehead atoms. The second-order valence-electron chi connectivity index (χ2n) is 10.4. The molecule has 1 aliphatic carbocycles. The maximum atomic E-state index is 2.43. The van der Waals surface area contributed by atoms with E-state index in [1.165, 1.54) is 64.5 Å². The summed E-state index contributed by atoms with van der Waals surface area (Å²) in [6.45, 7) is 0.783. The molecule has 2 heteroatoms. The van der Waals surface area contributed by atoms with Crippen LogP contribution in [0.3, 0.4) is 0 Å². The van der Waals surface area contributed by atoms with Crippen LogP contribution in [0.15, 0.2) is 146 Å². The first-order chi connectivity index (χ1) is 19.9. The van der Waals surface area contributed by atoms with Gasteiger partial charge in [0.15, 0.2) is 6.21 Å². The molecule has 1 aliphatic heterocycles. The van der Waals surface area contributed by atoms with Crippen LogP contribution in [0.5, 0.6) is 0 Å². The van der Waals surface area contributed by atoms with Gasteiger partial charge in [0.2, 0.25) is 11.4 Å². The number of para-hydroxylation sites is 2. The Morgan fingerprint density at radius 1 is 0.425 bits per heavy atom. The highest BCUT2D eigenvalue weighted by Gasteiger charge is 2.28. The van der Waals surface area contributed by atoms with Gasteiger partial charge in [-0.05, 0) is 59.9 Å². The van der Waals surface area contributed by atoms with Gasteiger partial charge < -0.3 is 4.90 Å². The summed E-state index contributed by atoms with van der Waals surface area (Å²) in [5, 5.41) is 10.1. The lowest BCUT2D eigenvalue weighted by Gasteiger charge is -2.27. The lowest BCUT2D eigenvalue weighted by atomic mass is 10.00. The molecule has 6 aromatic rings. The molecule has 8 rings (SSSR count). The maximum absolute atomic E-state index is 2.43. The van der Waals surface area contributed by atoms with Crippen molar-refractivity contribution in [2.45, 2.75) is 0 Å². The quantitative estimate of drug-likeness (QED) is 0.212. The Kier molecular flexibility index (Phi) is 5.24. The van der Waals surface area contributed by atoms with Crippen LogP contribution in [0.2, 0.25) is 0 Å². The van der Waals surface area contributed by atoms with Crippen molar-refractivity contribution in [1.82, 2.24) is 4.58 Å². The third-order valence-corrected chi connectivity index (χ3v) is 8.16. The number of rotatable bonds is 2.